The third kappa shape index (κ3) is 3.10. The molecule has 0 bridgehead atoms. The van der Waals surface area contributed by atoms with Crippen LogP contribution in [0.25, 0.3) is 0 Å². The van der Waals surface area contributed by atoms with Crippen molar-refractivity contribution in [2.75, 3.05) is 10.5 Å². The fraction of sp³-hybridized carbons (Fsp3) is 0.0769. The van der Waals surface area contributed by atoms with Gasteiger partial charge in [0, 0.05) is 15.8 Å². The molecule has 0 amide bonds. The van der Waals surface area contributed by atoms with Gasteiger partial charge in [-0.2, -0.15) is 0 Å². The Labute approximate surface area is 125 Å². The van der Waals surface area contributed by atoms with Crippen molar-refractivity contribution in [3.8, 4) is 0 Å². The number of sulfonamides is 1. The molecule has 0 aromatic heterocycles. The van der Waals surface area contributed by atoms with Crippen LogP contribution in [0.3, 0.4) is 0 Å². The highest BCUT2D eigenvalue weighted by molar-refractivity contribution is 9.10. The molecule has 2 aromatic carbocycles. The van der Waals surface area contributed by atoms with Gasteiger partial charge in [-0.05, 0) is 47.1 Å². The first-order valence-corrected chi connectivity index (χ1v) is 7.91. The summed E-state index contributed by atoms with van der Waals surface area (Å²) in [5, 5.41) is 0. The number of aryl methyl sites for hydroxylation is 1. The lowest BCUT2D eigenvalue weighted by atomic mass is 10.2. The molecule has 0 spiro atoms. The van der Waals surface area contributed by atoms with Crippen molar-refractivity contribution in [3.05, 3.63) is 52.3 Å². The summed E-state index contributed by atoms with van der Waals surface area (Å²) in [6.45, 7) is 1.88. The number of nitrogens with one attached hydrogen (secondary N) is 1. The molecule has 2 aromatic rings. The van der Waals surface area contributed by atoms with E-state index in [0.29, 0.717) is 10.2 Å². The summed E-state index contributed by atoms with van der Waals surface area (Å²) in [5.74, 6) is -0.870. The lowest BCUT2D eigenvalue weighted by molar-refractivity contribution is 0.570. The summed E-state index contributed by atoms with van der Waals surface area (Å²) < 4.78 is 40.7. The van der Waals surface area contributed by atoms with Crippen LogP contribution in [0, 0.1) is 12.7 Å². The van der Waals surface area contributed by atoms with Crippen molar-refractivity contribution in [1.29, 1.82) is 0 Å². The van der Waals surface area contributed by atoms with E-state index in [1.54, 1.807) is 24.3 Å². The van der Waals surface area contributed by atoms with Crippen molar-refractivity contribution in [2.45, 2.75) is 11.8 Å². The quantitative estimate of drug-likeness (QED) is 0.827. The molecule has 0 saturated heterocycles. The molecule has 106 valence electrons. The van der Waals surface area contributed by atoms with Gasteiger partial charge in [-0.15, -0.1) is 0 Å². The van der Waals surface area contributed by atoms with Gasteiger partial charge < -0.3 is 5.73 Å². The van der Waals surface area contributed by atoms with Crippen LogP contribution in [0.2, 0.25) is 0 Å². The maximum atomic E-state index is 13.8. The number of halogens is 2. The third-order valence-corrected chi connectivity index (χ3v) is 4.73. The fourth-order valence-corrected chi connectivity index (χ4v) is 3.05. The number of rotatable bonds is 3. The monoisotopic (exact) mass is 358 g/mol. The van der Waals surface area contributed by atoms with E-state index in [0.717, 1.165) is 17.7 Å². The second-order valence-corrected chi connectivity index (χ2v) is 6.78. The first-order chi connectivity index (χ1) is 9.29. The van der Waals surface area contributed by atoms with Gasteiger partial charge in [0.05, 0.1) is 0 Å². The Balaban J connectivity index is 2.40. The van der Waals surface area contributed by atoms with E-state index >= 15 is 0 Å². The molecule has 0 unspecified atom stereocenters. The number of nitrogen functional groups attached to an aromatic ring is 1. The minimum absolute atomic E-state index is 0.149. The molecule has 3 N–H and O–H groups in total. The minimum atomic E-state index is -4.02. The summed E-state index contributed by atoms with van der Waals surface area (Å²) >= 11 is 3.04. The lowest BCUT2D eigenvalue weighted by Gasteiger charge is -2.10. The average molecular weight is 359 g/mol. The lowest BCUT2D eigenvalue weighted by Crippen LogP contribution is -2.15. The molecule has 4 nitrogen and oxygen atoms in total. The predicted molar refractivity (Wildman–Crippen MR) is 80.5 cm³/mol. The molecule has 2 rings (SSSR count). The van der Waals surface area contributed by atoms with Gasteiger partial charge in [-0.3, -0.25) is 4.72 Å². The Kier molecular flexibility index (Phi) is 4.01. The molecular formula is C13H12BrFN2O2S. The van der Waals surface area contributed by atoms with Crippen molar-refractivity contribution in [2.24, 2.45) is 0 Å². The van der Waals surface area contributed by atoms with Gasteiger partial charge in [0.25, 0.3) is 10.0 Å². The molecule has 0 fully saturated rings. The molecule has 0 aliphatic carbocycles. The summed E-state index contributed by atoms with van der Waals surface area (Å²) in [5.41, 5.74) is 7.09. The standard InChI is InChI=1S/C13H12BrFN2O2S/c1-8-2-4-9(5-3-8)17-20(18,19)13-7-12(16)10(14)6-11(13)15/h2-7,17H,16H2,1H3. The van der Waals surface area contributed by atoms with E-state index < -0.39 is 20.7 Å². The summed E-state index contributed by atoms with van der Waals surface area (Å²) in [7, 11) is -4.02. The summed E-state index contributed by atoms with van der Waals surface area (Å²) in [6.07, 6.45) is 0. The van der Waals surface area contributed by atoms with E-state index in [1.807, 2.05) is 6.92 Å². The average Bonchev–Trinajstić information content (AvgIpc) is 2.36. The molecule has 0 saturated carbocycles. The van der Waals surface area contributed by atoms with Gasteiger partial charge >= 0.3 is 0 Å². The molecule has 7 heteroatoms. The second kappa shape index (κ2) is 5.41. The topological polar surface area (TPSA) is 72.2 Å². The zero-order valence-corrected chi connectivity index (χ0v) is 12.9. The van der Waals surface area contributed by atoms with Crippen LogP contribution in [-0.4, -0.2) is 8.42 Å². The maximum absolute atomic E-state index is 13.8. The maximum Gasteiger partial charge on any atom is 0.264 e. The molecular weight excluding hydrogens is 347 g/mol. The molecule has 0 atom stereocenters. The largest absolute Gasteiger partial charge is 0.398 e. The van der Waals surface area contributed by atoms with Crippen molar-refractivity contribution >= 4 is 37.3 Å². The fourth-order valence-electron chi connectivity index (χ4n) is 1.58. The molecule has 0 aliphatic heterocycles. The van der Waals surface area contributed by atoms with Gasteiger partial charge in [0.1, 0.15) is 10.7 Å². The molecule has 20 heavy (non-hydrogen) atoms. The highest BCUT2D eigenvalue weighted by Crippen LogP contribution is 2.27. The number of hydrogen-bond donors (Lipinski definition) is 2. The van der Waals surface area contributed by atoms with Crippen LogP contribution in [0.4, 0.5) is 15.8 Å². The van der Waals surface area contributed by atoms with Crippen molar-refractivity contribution in [3.63, 3.8) is 0 Å². The minimum Gasteiger partial charge on any atom is -0.398 e. The van der Waals surface area contributed by atoms with Gasteiger partial charge in [-0.1, -0.05) is 17.7 Å². The zero-order chi connectivity index (χ0) is 14.9. The second-order valence-electron chi connectivity index (χ2n) is 4.28. The van der Waals surface area contributed by atoms with Crippen LogP contribution in [0.15, 0.2) is 45.8 Å². The smallest absolute Gasteiger partial charge is 0.264 e. The first kappa shape index (κ1) is 14.8. The van der Waals surface area contributed by atoms with E-state index in [4.69, 9.17) is 5.73 Å². The number of anilines is 2. The Morgan fingerprint density at radius 1 is 1.20 bits per heavy atom. The number of benzene rings is 2. The predicted octanol–water partition coefficient (Wildman–Crippen LogP) is 3.28. The summed E-state index contributed by atoms with van der Waals surface area (Å²) in [6, 6.07) is 8.82. The van der Waals surface area contributed by atoms with E-state index in [2.05, 4.69) is 20.7 Å². The van der Waals surface area contributed by atoms with E-state index in [9.17, 15) is 12.8 Å². The molecule has 0 aliphatic rings. The van der Waals surface area contributed by atoms with Crippen molar-refractivity contribution in [1.82, 2.24) is 0 Å². The Bertz CT molecular complexity index is 746. The SMILES string of the molecule is Cc1ccc(NS(=O)(=O)c2cc(N)c(Br)cc2F)cc1. The van der Waals surface area contributed by atoms with Crippen LogP contribution in [0.5, 0.6) is 0 Å². The highest BCUT2D eigenvalue weighted by atomic mass is 79.9. The number of hydrogen-bond acceptors (Lipinski definition) is 3. The van der Waals surface area contributed by atoms with Crippen molar-refractivity contribution < 1.29 is 12.8 Å². The van der Waals surface area contributed by atoms with E-state index in [1.165, 1.54) is 0 Å². The van der Waals surface area contributed by atoms with Crippen LogP contribution in [-0.2, 0) is 10.0 Å². The number of nitrogens with two attached hydrogens (primary N) is 1. The first-order valence-electron chi connectivity index (χ1n) is 5.63. The van der Waals surface area contributed by atoms with Crippen LogP contribution in [0.1, 0.15) is 5.56 Å². The Morgan fingerprint density at radius 2 is 1.80 bits per heavy atom. The zero-order valence-electron chi connectivity index (χ0n) is 10.5. The normalized spacial score (nSPS) is 11.3. The van der Waals surface area contributed by atoms with Crippen LogP contribution >= 0.6 is 15.9 Å². The molecule has 0 heterocycles. The van der Waals surface area contributed by atoms with Gasteiger partial charge in [-0.25, -0.2) is 12.8 Å². The Morgan fingerprint density at radius 3 is 2.40 bits per heavy atom. The summed E-state index contributed by atoms with van der Waals surface area (Å²) in [4.78, 5) is -0.487. The third-order valence-electron chi connectivity index (χ3n) is 2.64. The van der Waals surface area contributed by atoms with Gasteiger partial charge in [0.2, 0.25) is 0 Å². The highest BCUT2D eigenvalue weighted by Gasteiger charge is 2.20. The molecule has 0 radical (unpaired) electrons. The van der Waals surface area contributed by atoms with Gasteiger partial charge in [0.15, 0.2) is 0 Å². The Hall–Kier alpha value is -1.60. The van der Waals surface area contributed by atoms with E-state index in [-0.39, 0.29) is 5.69 Å². The van der Waals surface area contributed by atoms with Crippen LogP contribution < -0.4 is 10.5 Å².